The Hall–Kier alpha value is -1.67. The Kier molecular flexibility index (Phi) is 2.09. The van der Waals surface area contributed by atoms with Crippen LogP contribution in [0.15, 0.2) is 42.5 Å². The van der Waals surface area contributed by atoms with E-state index in [2.05, 4.69) is 36.4 Å². The van der Waals surface area contributed by atoms with Crippen molar-refractivity contribution in [3.05, 3.63) is 48.0 Å². The van der Waals surface area contributed by atoms with Gasteiger partial charge in [-0.1, -0.05) is 18.2 Å². The van der Waals surface area contributed by atoms with Gasteiger partial charge in [-0.2, -0.15) is 0 Å². The zero-order chi connectivity index (χ0) is 12.1. The average molecular weight is 252 g/mol. The summed E-state index contributed by atoms with van der Waals surface area (Å²) in [4.78, 5) is 12.1. The zero-order valence-corrected chi connectivity index (χ0v) is 10.7. The Labute approximate surface area is 109 Å². The van der Waals surface area contributed by atoms with Crippen molar-refractivity contribution in [2.24, 2.45) is 5.92 Å². The monoisotopic (exact) mass is 252 g/mol. The van der Waals surface area contributed by atoms with Crippen LogP contribution in [-0.4, -0.2) is 5.78 Å². The summed E-state index contributed by atoms with van der Waals surface area (Å²) < 4.78 is 2.56. The van der Waals surface area contributed by atoms with Crippen molar-refractivity contribution in [1.82, 2.24) is 0 Å². The van der Waals surface area contributed by atoms with Gasteiger partial charge in [-0.25, -0.2) is 0 Å². The first kappa shape index (κ1) is 10.3. The second-order valence-electron chi connectivity index (χ2n) is 4.95. The summed E-state index contributed by atoms with van der Waals surface area (Å²) in [5, 5.41) is 2.49. The van der Waals surface area contributed by atoms with E-state index in [0.29, 0.717) is 11.7 Å². The molecule has 2 aromatic carbocycles. The number of ketones is 1. The van der Waals surface area contributed by atoms with Gasteiger partial charge >= 0.3 is 0 Å². The number of Topliss-reactive ketones (excluding diaryl/α,β-unsaturated/α-hetero) is 1. The van der Waals surface area contributed by atoms with Crippen LogP contribution in [0, 0.1) is 5.92 Å². The molecule has 0 bridgehead atoms. The van der Waals surface area contributed by atoms with Gasteiger partial charge in [0.05, 0.1) is 0 Å². The number of benzene rings is 2. The summed E-state index contributed by atoms with van der Waals surface area (Å²) in [6.45, 7) is 0. The molecule has 1 saturated carbocycles. The molecule has 88 valence electrons. The van der Waals surface area contributed by atoms with Gasteiger partial charge in [-0.15, -0.1) is 11.3 Å². The maximum Gasteiger partial charge on any atom is 0.165 e. The topological polar surface area (TPSA) is 17.1 Å². The van der Waals surface area contributed by atoms with E-state index < -0.39 is 0 Å². The third-order valence-corrected chi connectivity index (χ3v) is 4.76. The largest absolute Gasteiger partial charge is 0.294 e. The minimum atomic E-state index is 0.298. The van der Waals surface area contributed by atoms with Crippen LogP contribution in [0.1, 0.15) is 23.2 Å². The first-order valence-electron chi connectivity index (χ1n) is 6.28. The Morgan fingerprint density at radius 3 is 2.61 bits per heavy atom. The van der Waals surface area contributed by atoms with E-state index in [9.17, 15) is 4.79 Å². The van der Waals surface area contributed by atoms with E-state index in [1.54, 1.807) is 11.3 Å². The van der Waals surface area contributed by atoms with Gasteiger partial charge in [0, 0.05) is 31.7 Å². The number of rotatable bonds is 2. The summed E-state index contributed by atoms with van der Waals surface area (Å²) in [6, 6.07) is 14.6. The first-order chi connectivity index (χ1) is 8.83. The van der Waals surface area contributed by atoms with Gasteiger partial charge in [0.1, 0.15) is 0 Å². The van der Waals surface area contributed by atoms with Crippen molar-refractivity contribution in [3.63, 3.8) is 0 Å². The molecule has 1 aromatic heterocycles. The molecule has 1 nitrogen and oxygen atoms in total. The molecule has 0 spiro atoms. The molecule has 0 unspecified atom stereocenters. The second-order valence-corrected chi connectivity index (χ2v) is 6.03. The summed E-state index contributed by atoms with van der Waals surface area (Å²) in [5.41, 5.74) is 0.883. The Morgan fingerprint density at radius 2 is 1.78 bits per heavy atom. The minimum Gasteiger partial charge on any atom is -0.294 e. The molecular formula is C16H12OS. The number of carbonyl (C=O) groups is 1. The standard InChI is InChI=1S/C16H12OS/c17-16(10-5-6-10)11-7-8-15-13(9-11)12-3-1-2-4-14(12)18-15/h1-4,7-10H,5-6H2. The van der Waals surface area contributed by atoms with Crippen LogP contribution in [0.5, 0.6) is 0 Å². The fraction of sp³-hybridized carbons (Fsp3) is 0.188. The highest BCUT2D eigenvalue weighted by Gasteiger charge is 2.30. The van der Waals surface area contributed by atoms with Crippen molar-refractivity contribution in [1.29, 1.82) is 0 Å². The lowest BCUT2D eigenvalue weighted by Gasteiger charge is -1.99. The molecule has 1 aliphatic carbocycles. The third-order valence-electron chi connectivity index (χ3n) is 3.61. The average Bonchev–Trinajstić information content (AvgIpc) is 3.18. The number of hydrogen-bond donors (Lipinski definition) is 0. The van der Waals surface area contributed by atoms with E-state index in [-0.39, 0.29) is 0 Å². The number of thiophene rings is 1. The molecule has 1 aliphatic rings. The molecule has 3 aromatic rings. The van der Waals surface area contributed by atoms with Crippen LogP contribution in [0.25, 0.3) is 20.2 Å². The SMILES string of the molecule is O=C(c1ccc2sc3ccccc3c2c1)C1CC1. The smallest absolute Gasteiger partial charge is 0.165 e. The predicted molar refractivity (Wildman–Crippen MR) is 76.4 cm³/mol. The molecule has 0 N–H and O–H groups in total. The lowest BCUT2D eigenvalue weighted by molar-refractivity contribution is 0.0968. The van der Waals surface area contributed by atoms with E-state index in [4.69, 9.17) is 0 Å². The second kappa shape index (κ2) is 3.66. The Balaban J connectivity index is 1.97. The molecule has 0 radical (unpaired) electrons. The van der Waals surface area contributed by atoms with Crippen molar-refractivity contribution >= 4 is 37.3 Å². The predicted octanol–water partition coefficient (Wildman–Crippen LogP) is 4.65. The van der Waals surface area contributed by atoms with Gasteiger partial charge in [-0.3, -0.25) is 4.79 Å². The lowest BCUT2D eigenvalue weighted by atomic mass is 10.0. The molecular weight excluding hydrogens is 240 g/mol. The van der Waals surface area contributed by atoms with Gasteiger partial charge in [0.25, 0.3) is 0 Å². The van der Waals surface area contributed by atoms with E-state index in [1.165, 1.54) is 20.2 Å². The van der Waals surface area contributed by atoms with Crippen LogP contribution in [0.4, 0.5) is 0 Å². The Morgan fingerprint density at radius 1 is 1.00 bits per heavy atom. The highest BCUT2D eigenvalue weighted by molar-refractivity contribution is 7.25. The summed E-state index contributed by atoms with van der Waals surface area (Å²) in [7, 11) is 0. The molecule has 18 heavy (non-hydrogen) atoms. The Bertz CT molecular complexity index is 765. The van der Waals surface area contributed by atoms with Gasteiger partial charge in [0.15, 0.2) is 5.78 Å². The minimum absolute atomic E-state index is 0.298. The van der Waals surface area contributed by atoms with Gasteiger partial charge < -0.3 is 0 Å². The normalized spacial score (nSPS) is 15.3. The number of hydrogen-bond acceptors (Lipinski definition) is 2. The molecule has 0 atom stereocenters. The van der Waals surface area contributed by atoms with Crippen molar-refractivity contribution in [3.8, 4) is 0 Å². The highest BCUT2D eigenvalue weighted by atomic mass is 32.1. The van der Waals surface area contributed by atoms with E-state index in [1.807, 2.05) is 6.07 Å². The maximum atomic E-state index is 12.1. The fourth-order valence-electron chi connectivity index (χ4n) is 2.46. The van der Waals surface area contributed by atoms with Crippen molar-refractivity contribution < 1.29 is 4.79 Å². The van der Waals surface area contributed by atoms with Crippen LogP contribution in [0.2, 0.25) is 0 Å². The molecule has 0 saturated heterocycles. The van der Waals surface area contributed by atoms with Crippen LogP contribution in [0.3, 0.4) is 0 Å². The number of fused-ring (bicyclic) bond motifs is 3. The highest BCUT2D eigenvalue weighted by Crippen LogP contribution is 2.37. The van der Waals surface area contributed by atoms with E-state index >= 15 is 0 Å². The summed E-state index contributed by atoms with van der Waals surface area (Å²) >= 11 is 1.79. The van der Waals surface area contributed by atoms with Gasteiger partial charge in [-0.05, 0) is 37.1 Å². The van der Waals surface area contributed by atoms with Crippen LogP contribution >= 0.6 is 11.3 Å². The quantitative estimate of drug-likeness (QED) is 0.607. The molecule has 4 rings (SSSR count). The first-order valence-corrected chi connectivity index (χ1v) is 7.10. The van der Waals surface area contributed by atoms with E-state index in [0.717, 1.165) is 18.4 Å². The van der Waals surface area contributed by atoms with Crippen molar-refractivity contribution in [2.75, 3.05) is 0 Å². The van der Waals surface area contributed by atoms with Gasteiger partial charge in [0.2, 0.25) is 0 Å². The van der Waals surface area contributed by atoms with Crippen LogP contribution in [-0.2, 0) is 0 Å². The molecule has 1 heterocycles. The summed E-state index contributed by atoms with van der Waals surface area (Å²) in [6.07, 6.45) is 2.14. The molecule has 0 aliphatic heterocycles. The van der Waals surface area contributed by atoms with Crippen LogP contribution < -0.4 is 0 Å². The molecule has 2 heteroatoms. The van der Waals surface area contributed by atoms with Crippen molar-refractivity contribution in [2.45, 2.75) is 12.8 Å². The molecule has 0 amide bonds. The number of carbonyl (C=O) groups excluding carboxylic acids is 1. The summed E-state index contributed by atoms with van der Waals surface area (Å²) in [5.74, 6) is 0.625. The third kappa shape index (κ3) is 1.49. The maximum absolute atomic E-state index is 12.1. The lowest BCUT2D eigenvalue weighted by Crippen LogP contribution is -2.00. The molecule has 1 fully saturated rings. The fourth-order valence-corrected chi connectivity index (χ4v) is 3.55. The zero-order valence-electron chi connectivity index (χ0n) is 9.85.